The van der Waals surface area contributed by atoms with E-state index in [-0.39, 0.29) is 0 Å². The molecular weight excluding hydrogens is 344 g/mol. The maximum Gasteiger partial charge on any atom is 0.193 e. The van der Waals surface area contributed by atoms with Crippen LogP contribution in [0.1, 0.15) is 17.5 Å². The number of hydrogen-bond donors (Lipinski definition) is 1. The van der Waals surface area contributed by atoms with Crippen molar-refractivity contribution in [2.45, 2.75) is 19.3 Å². The Morgan fingerprint density at radius 3 is 2.82 bits per heavy atom. The van der Waals surface area contributed by atoms with Crippen molar-refractivity contribution in [1.29, 1.82) is 0 Å². The van der Waals surface area contributed by atoms with Crippen molar-refractivity contribution in [2.75, 3.05) is 26.7 Å². The summed E-state index contributed by atoms with van der Waals surface area (Å²) in [4.78, 5) is 11.5. The van der Waals surface area contributed by atoms with Gasteiger partial charge in [0.15, 0.2) is 5.96 Å². The minimum atomic E-state index is 0.697. The van der Waals surface area contributed by atoms with Crippen LogP contribution in [0.2, 0.25) is 0 Å². The number of rotatable bonds is 5. The van der Waals surface area contributed by atoms with Gasteiger partial charge in [0.25, 0.3) is 0 Å². The van der Waals surface area contributed by atoms with Gasteiger partial charge < -0.3 is 10.2 Å². The molecule has 1 N–H and O–H groups in total. The normalized spacial score (nSPS) is 17.2. The molecule has 0 spiro atoms. The van der Waals surface area contributed by atoms with Gasteiger partial charge in [0.2, 0.25) is 0 Å². The van der Waals surface area contributed by atoms with Crippen molar-refractivity contribution >= 4 is 16.9 Å². The van der Waals surface area contributed by atoms with E-state index in [1.807, 2.05) is 19.3 Å². The highest BCUT2D eigenvalue weighted by atomic mass is 15.3. The van der Waals surface area contributed by atoms with Crippen molar-refractivity contribution in [3.63, 3.8) is 0 Å². The average Bonchev–Trinajstić information content (AvgIpc) is 3.20. The molecule has 4 rings (SSSR count). The van der Waals surface area contributed by atoms with Gasteiger partial charge in [0.05, 0.1) is 5.52 Å². The zero-order chi connectivity index (χ0) is 19.2. The summed E-state index contributed by atoms with van der Waals surface area (Å²) in [6.07, 6.45) is 5.18. The molecule has 0 bridgehead atoms. The monoisotopic (exact) mass is 372 g/mol. The Labute approximate surface area is 167 Å². The lowest BCUT2D eigenvalue weighted by molar-refractivity contribution is 0.460. The van der Waals surface area contributed by atoms with Crippen LogP contribution in [-0.2, 0) is 12.8 Å². The number of aliphatic imine (C=N–C) groups is 1. The number of para-hydroxylation sites is 1. The Bertz CT molecular complexity index is 930. The third-order valence-corrected chi connectivity index (χ3v) is 5.56. The lowest BCUT2D eigenvalue weighted by atomic mass is 9.99. The summed E-state index contributed by atoms with van der Waals surface area (Å²) in [6.45, 7) is 3.01. The Morgan fingerprint density at radius 1 is 1.11 bits per heavy atom. The summed E-state index contributed by atoms with van der Waals surface area (Å²) >= 11 is 0. The van der Waals surface area contributed by atoms with Crippen LogP contribution in [0.3, 0.4) is 0 Å². The molecule has 144 valence electrons. The topological polar surface area (TPSA) is 40.5 Å². The molecule has 1 aliphatic rings. The quantitative estimate of drug-likeness (QED) is 0.545. The number of nitrogens with zero attached hydrogens (tertiary/aromatic N) is 3. The highest BCUT2D eigenvalue weighted by Crippen LogP contribution is 2.21. The van der Waals surface area contributed by atoms with Crippen LogP contribution in [0, 0.1) is 5.92 Å². The standard InChI is InChI=1S/C24H28N4/c1-25-24(28-16-13-20(18-28)17-19-7-3-2-4-8-19)27-15-12-22-10-5-9-21-11-6-14-26-23(21)22/h2-11,14,20H,12-13,15-18H2,1H3,(H,25,27). The summed E-state index contributed by atoms with van der Waals surface area (Å²) in [5.41, 5.74) is 3.82. The van der Waals surface area contributed by atoms with E-state index in [2.05, 4.69) is 74.8 Å². The van der Waals surface area contributed by atoms with Gasteiger partial charge in [-0.05, 0) is 42.4 Å². The van der Waals surface area contributed by atoms with E-state index >= 15 is 0 Å². The second-order valence-electron chi connectivity index (χ2n) is 7.51. The van der Waals surface area contributed by atoms with Gasteiger partial charge >= 0.3 is 0 Å². The minimum Gasteiger partial charge on any atom is -0.356 e. The highest BCUT2D eigenvalue weighted by molar-refractivity contribution is 5.82. The first-order valence-corrected chi connectivity index (χ1v) is 10.2. The Hall–Kier alpha value is -2.88. The van der Waals surface area contributed by atoms with Gasteiger partial charge in [-0.3, -0.25) is 9.98 Å². The van der Waals surface area contributed by atoms with E-state index in [9.17, 15) is 0 Å². The van der Waals surface area contributed by atoms with Crippen LogP contribution in [0.5, 0.6) is 0 Å². The highest BCUT2D eigenvalue weighted by Gasteiger charge is 2.24. The predicted molar refractivity (Wildman–Crippen MR) is 117 cm³/mol. The zero-order valence-electron chi connectivity index (χ0n) is 16.5. The number of guanidine groups is 1. The fourth-order valence-corrected chi connectivity index (χ4v) is 4.15. The number of aromatic nitrogens is 1. The molecule has 1 fully saturated rings. The summed E-state index contributed by atoms with van der Waals surface area (Å²) < 4.78 is 0. The molecule has 0 amide bonds. The van der Waals surface area contributed by atoms with E-state index in [0.717, 1.165) is 44.0 Å². The van der Waals surface area contributed by atoms with Crippen LogP contribution in [0.25, 0.3) is 10.9 Å². The molecule has 0 radical (unpaired) electrons. The van der Waals surface area contributed by atoms with Crippen molar-refractivity contribution in [3.05, 3.63) is 78.0 Å². The second-order valence-corrected chi connectivity index (χ2v) is 7.51. The third kappa shape index (κ3) is 4.33. The fourth-order valence-electron chi connectivity index (χ4n) is 4.15. The zero-order valence-corrected chi connectivity index (χ0v) is 16.5. The summed E-state index contributed by atoms with van der Waals surface area (Å²) in [7, 11) is 1.88. The maximum absolute atomic E-state index is 4.56. The van der Waals surface area contributed by atoms with Gasteiger partial charge in [-0.1, -0.05) is 54.6 Å². The summed E-state index contributed by atoms with van der Waals surface area (Å²) in [6, 6.07) is 21.3. The molecule has 4 heteroatoms. The summed E-state index contributed by atoms with van der Waals surface area (Å²) in [5, 5.41) is 4.76. The summed E-state index contributed by atoms with van der Waals surface area (Å²) in [5.74, 6) is 1.71. The van der Waals surface area contributed by atoms with Crippen molar-refractivity contribution < 1.29 is 0 Å². The first-order chi connectivity index (χ1) is 13.8. The fraction of sp³-hybridized carbons (Fsp3) is 0.333. The lowest BCUT2D eigenvalue weighted by Gasteiger charge is -2.22. The largest absolute Gasteiger partial charge is 0.356 e. The van der Waals surface area contributed by atoms with E-state index < -0.39 is 0 Å². The molecule has 0 aliphatic carbocycles. The van der Waals surface area contributed by atoms with E-state index in [0.29, 0.717) is 5.92 Å². The van der Waals surface area contributed by atoms with E-state index in [1.165, 1.54) is 22.9 Å². The van der Waals surface area contributed by atoms with Crippen LogP contribution < -0.4 is 5.32 Å². The first-order valence-electron chi connectivity index (χ1n) is 10.2. The van der Waals surface area contributed by atoms with Crippen molar-refractivity contribution in [1.82, 2.24) is 15.2 Å². The Kier molecular flexibility index (Phi) is 5.86. The molecular formula is C24H28N4. The molecule has 1 aromatic heterocycles. The third-order valence-electron chi connectivity index (χ3n) is 5.56. The molecule has 3 aromatic rings. The number of pyridine rings is 1. The van der Waals surface area contributed by atoms with Crippen molar-refractivity contribution in [3.8, 4) is 0 Å². The molecule has 2 aromatic carbocycles. The second kappa shape index (κ2) is 8.87. The molecule has 28 heavy (non-hydrogen) atoms. The minimum absolute atomic E-state index is 0.697. The first kappa shape index (κ1) is 18.5. The number of benzene rings is 2. The number of likely N-dealkylation sites (tertiary alicyclic amines) is 1. The smallest absolute Gasteiger partial charge is 0.193 e. The average molecular weight is 373 g/mol. The Morgan fingerprint density at radius 2 is 1.96 bits per heavy atom. The number of fused-ring (bicyclic) bond motifs is 1. The molecule has 2 heterocycles. The van der Waals surface area contributed by atoms with Gasteiger partial charge in [0, 0.05) is 38.3 Å². The van der Waals surface area contributed by atoms with Crippen molar-refractivity contribution in [2.24, 2.45) is 10.9 Å². The van der Waals surface area contributed by atoms with Crippen LogP contribution >= 0.6 is 0 Å². The molecule has 4 nitrogen and oxygen atoms in total. The van der Waals surface area contributed by atoms with E-state index in [1.54, 1.807) is 0 Å². The molecule has 1 aliphatic heterocycles. The lowest BCUT2D eigenvalue weighted by Crippen LogP contribution is -2.41. The van der Waals surface area contributed by atoms with Gasteiger partial charge in [-0.15, -0.1) is 0 Å². The van der Waals surface area contributed by atoms with Gasteiger partial charge in [0.1, 0.15) is 0 Å². The van der Waals surface area contributed by atoms with Crippen LogP contribution in [-0.4, -0.2) is 42.5 Å². The SMILES string of the molecule is CN=C(NCCc1cccc2cccnc12)N1CCC(Cc2ccccc2)C1. The number of hydrogen-bond acceptors (Lipinski definition) is 2. The maximum atomic E-state index is 4.56. The molecule has 1 unspecified atom stereocenters. The van der Waals surface area contributed by atoms with Crippen LogP contribution in [0.15, 0.2) is 71.9 Å². The Balaban J connectivity index is 1.31. The van der Waals surface area contributed by atoms with Gasteiger partial charge in [-0.25, -0.2) is 0 Å². The number of nitrogens with one attached hydrogen (secondary N) is 1. The van der Waals surface area contributed by atoms with Crippen LogP contribution in [0.4, 0.5) is 0 Å². The van der Waals surface area contributed by atoms with E-state index in [4.69, 9.17) is 0 Å². The predicted octanol–water partition coefficient (Wildman–Crippen LogP) is 3.92. The van der Waals surface area contributed by atoms with Gasteiger partial charge in [-0.2, -0.15) is 0 Å². The molecule has 1 atom stereocenters. The molecule has 1 saturated heterocycles. The molecule has 0 saturated carbocycles.